The molecule has 0 saturated carbocycles. The molecule has 88 valence electrons. The van der Waals surface area contributed by atoms with E-state index in [4.69, 9.17) is 16.3 Å². The minimum atomic E-state index is -0.300. The Morgan fingerprint density at radius 2 is 2.56 bits per heavy atom. The van der Waals surface area contributed by atoms with Gasteiger partial charge in [0.25, 0.3) is 5.56 Å². The number of hydrogen-bond donors (Lipinski definition) is 1. The van der Waals surface area contributed by atoms with E-state index < -0.39 is 0 Å². The van der Waals surface area contributed by atoms with Gasteiger partial charge in [-0.3, -0.25) is 4.79 Å². The number of ether oxygens (including phenoxy) is 1. The Bertz CT molecular complexity index is 421. The molecule has 6 heteroatoms. The van der Waals surface area contributed by atoms with Crippen LogP contribution in [-0.4, -0.2) is 35.8 Å². The molecule has 2 heterocycles. The number of halogens is 1. The molecule has 1 unspecified atom stereocenters. The summed E-state index contributed by atoms with van der Waals surface area (Å²) >= 11 is 5.93. The zero-order valence-corrected chi connectivity index (χ0v) is 9.83. The fourth-order valence-electron chi connectivity index (χ4n) is 1.75. The van der Waals surface area contributed by atoms with Crippen molar-refractivity contribution in [3.8, 4) is 0 Å². The summed E-state index contributed by atoms with van der Waals surface area (Å²) in [5.74, 6) is 0.548. The topological polar surface area (TPSA) is 58.2 Å². The highest BCUT2D eigenvalue weighted by Crippen LogP contribution is 2.21. The number of H-pyrrole nitrogens is 1. The van der Waals surface area contributed by atoms with Crippen LogP contribution in [0.15, 0.2) is 11.1 Å². The van der Waals surface area contributed by atoms with Crippen molar-refractivity contribution in [2.24, 2.45) is 0 Å². The van der Waals surface area contributed by atoms with Crippen molar-refractivity contribution >= 4 is 17.4 Å². The van der Waals surface area contributed by atoms with Crippen molar-refractivity contribution < 1.29 is 4.74 Å². The van der Waals surface area contributed by atoms with E-state index in [1.54, 1.807) is 0 Å². The van der Waals surface area contributed by atoms with Gasteiger partial charge < -0.3 is 14.6 Å². The summed E-state index contributed by atoms with van der Waals surface area (Å²) in [5.41, 5.74) is -0.300. The summed E-state index contributed by atoms with van der Waals surface area (Å²) in [7, 11) is 0. The number of aromatic amines is 1. The first-order valence-corrected chi connectivity index (χ1v) is 5.70. The maximum Gasteiger partial charge on any atom is 0.271 e. The first-order chi connectivity index (χ1) is 7.72. The smallest absolute Gasteiger partial charge is 0.271 e. The Morgan fingerprint density at radius 3 is 3.31 bits per heavy atom. The summed E-state index contributed by atoms with van der Waals surface area (Å²) in [5, 5.41) is 0.152. The molecule has 1 aliphatic rings. The van der Waals surface area contributed by atoms with Crippen LogP contribution in [0.5, 0.6) is 0 Å². The third-order valence-corrected chi connectivity index (χ3v) is 3.01. The number of nitrogens with one attached hydrogen (secondary N) is 1. The molecule has 1 aromatic heterocycles. The number of morpholine rings is 1. The average molecular weight is 244 g/mol. The Balaban J connectivity index is 2.23. The quantitative estimate of drug-likeness (QED) is 0.843. The molecule has 0 aliphatic carbocycles. The van der Waals surface area contributed by atoms with Gasteiger partial charge in [0.15, 0.2) is 5.82 Å². The van der Waals surface area contributed by atoms with Gasteiger partial charge >= 0.3 is 0 Å². The van der Waals surface area contributed by atoms with E-state index in [1.807, 2.05) is 4.90 Å². The Morgan fingerprint density at radius 1 is 1.75 bits per heavy atom. The van der Waals surface area contributed by atoms with Crippen LogP contribution in [0, 0.1) is 0 Å². The van der Waals surface area contributed by atoms with Crippen LogP contribution in [0.3, 0.4) is 0 Å². The standard InChI is InChI=1S/C10H14ClN3O2/c1-2-7-5-14(3-4-16-7)9-8(11)10(15)13-6-12-9/h6-7H,2-5H2,1H3,(H,12,13,15). The van der Waals surface area contributed by atoms with Crippen LogP contribution in [-0.2, 0) is 4.74 Å². The van der Waals surface area contributed by atoms with Gasteiger partial charge in [-0.15, -0.1) is 0 Å². The lowest BCUT2D eigenvalue weighted by Crippen LogP contribution is -2.43. The second-order valence-electron chi connectivity index (χ2n) is 3.72. The zero-order valence-electron chi connectivity index (χ0n) is 9.07. The van der Waals surface area contributed by atoms with E-state index in [0.717, 1.165) is 13.0 Å². The molecular formula is C10H14ClN3O2. The summed E-state index contributed by atoms with van der Waals surface area (Å²) in [6.45, 7) is 4.16. The molecule has 1 saturated heterocycles. The monoisotopic (exact) mass is 243 g/mol. The van der Waals surface area contributed by atoms with Gasteiger partial charge in [-0.2, -0.15) is 0 Å². The Kier molecular flexibility index (Phi) is 3.46. The SMILES string of the molecule is CCC1CN(c2nc[nH]c(=O)c2Cl)CCO1. The molecule has 0 aromatic carbocycles. The Hall–Kier alpha value is -1.07. The van der Waals surface area contributed by atoms with Gasteiger partial charge in [0.2, 0.25) is 0 Å². The molecule has 0 spiro atoms. The normalized spacial score (nSPS) is 21.1. The number of rotatable bonds is 2. The molecule has 0 bridgehead atoms. The number of hydrogen-bond acceptors (Lipinski definition) is 4. The zero-order chi connectivity index (χ0) is 11.5. The highest BCUT2D eigenvalue weighted by Gasteiger charge is 2.22. The lowest BCUT2D eigenvalue weighted by Gasteiger charge is -2.33. The highest BCUT2D eigenvalue weighted by molar-refractivity contribution is 6.32. The third-order valence-electron chi connectivity index (χ3n) is 2.67. The highest BCUT2D eigenvalue weighted by atomic mass is 35.5. The van der Waals surface area contributed by atoms with Crippen LogP contribution in [0.1, 0.15) is 13.3 Å². The number of nitrogens with zero attached hydrogens (tertiary/aromatic N) is 2. The lowest BCUT2D eigenvalue weighted by molar-refractivity contribution is 0.0381. The summed E-state index contributed by atoms with van der Waals surface area (Å²) < 4.78 is 5.55. The van der Waals surface area contributed by atoms with Crippen molar-refractivity contribution in [2.75, 3.05) is 24.6 Å². The van der Waals surface area contributed by atoms with Gasteiger partial charge in [0.05, 0.1) is 19.0 Å². The van der Waals surface area contributed by atoms with Crippen LogP contribution < -0.4 is 10.5 Å². The second-order valence-corrected chi connectivity index (χ2v) is 4.09. The maximum atomic E-state index is 11.3. The lowest BCUT2D eigenvalue weighted by atomic mass is 10.2. The first kappa shape index (κ1) is 11.4. The van der Waals surface area contributed by atoms with Gasteiger partial charge in [-0.05, 0) is 6.42 Å². The first-order valence-electron chi connectivity index (χ1n) is 5.32. The minimum Gasteiger partial charge on any atom is -0.375 e. The van der Waals surface area contributed by atoms with Crippen molar-refractivity contribution in [2.45, 2.75) is 19.4 Å². The van der Waals surface area contributed by atoms with Crippen molar-refractivity contribution in [1.82, 2.24) is 9.97 Å². The van der Waals surface area contributed by atoms with Crippen LogP contribution in [0.4, 0.5) is 5.82 Å². The maximum absolute atomic E-state index is 11.3. The van der Waals surface area contributed by atoms with Crippen molar-refractivity contribution in [3.63, 3.8) is 0 Å². The fourth-order valence-corrected chi connectivity index (χ4v) is 1.98. The van der Waals surface area contributed by atoms with Crippen LogP contribution >= 0.6 is 11.6 Å². The van der Waals surface area contributed by atoms with E-state index in [0.29, 0.717) is 19.0 Å². The molecule has 1 atom stereocenters. The third kappa shape index (κ3) is 2.20. The Labute approximate surface area is 98.4 Å². The van der Waals surface area contributed by atoms with Gasteiger partial charge in [-0.25, -0.2) is 4.98 Å². The van der Waals surface area contributed by atoms with Crippen molar-refractivity contribution in [3.05, 3.63) is 21.7 Å². The van der Waals surface area contributed by atoms with Crippen LogP contribution in [0.2, 0.25) is 5.02 Å². The number of aromatic nitrogens is 2. The van der Waals surface area contributed by atoms with E-state index >= 15 is 0 Å². The fraction of sp³-hybridized carbons (Fsp3) is 0.600. The summed E-state index contributed by atoms with van der Waals surface area (Å²) in [4.78, 5) is 19.9. The van der Waals surface area contributed by atoms with E-state index in [9.17, 15) is 4.79 Å². The van der Waals surface area contributed by atoms with E-state index in [-0.39, 0.29) is 16.7 Å². The molecule has 1 aliphatic heterocycles. The molecule has 1 N–H and O–H groups in total. The summed E-state index contributed by atoms with van der Waals surface area (Å²) in [6, 6.07) is 0. The predicted molar refractivity (Wildman–Crippen MR) is 62.1 cm³/mol. The van der Waals surface area contributed by atoms with Gasteiger partial charge in [0.1, 0.15) is 5.02 Å². The minimum absolute atomic E-state index is 0.152. The van der Waals surface area contributed by atoms with Crippen LogP contribution in [0.25, 0.3) is 0 Å². The van der Waals surface area contributed by atoms with E-state index in [1.165, 1.54) is 6.33 Å². The molecule has 1 aromatic rings. The van der Waals surface area contributed by atoms with Crippen molar-refractivity contribution in [1.29, 1.82) is 0 Å². The second kappa shape index (κ2) is 4.84. The molecule has 5 nitrogen and oxygen atoms in total. The van der Waals surface area contributed by atoms with Gasteiger partial charge in [0, 0.05) is 13.1 Å². The molecule has 0 amide bonds. The number of anilines is 1. The molecule has 16 heavy (non-hydrogen) atoms. The van der Waals surface area contributed by atoms with Gasteiger partial charge in [-0.1, -0.05) is 18.5 Å². The summed E-state index contributed by atoms with van der Waals surface area (Å²) in [6.07, 6.45) is 2.50. The molecule has 0 radical (unpaired) electrons. The molecule has 1 fully saturated rings. The molecular weight excluding hydrogens is 230 g/mol. The molecule has 2 rings (SSSR count). The largest absolute Gasteiger partial charge is 0.375 e. The average Bonchev–Trinajstić information content (AvgIpc) is 2.33. The predicted octanol–water partition coefficient (Wildman–Crippen LogP) is 1.04. The van der Waals surface area contributed by atoms with E-state index in [2.05, 4.69) is 16.9 Å².